The Morgan fingerprint density at radius 2 is 2.17 bits per heavy atom. The summed E-state index contributed by atoms with van der Waals surface area (Å²) in [5.41, 5.74) is 0.931. The number of amides is 3. The number of carbonyl (C=O) groups is 2. The summed E-state index contributed by atoms with van der Waals surface area (Å²) in [4.78, 5) is 44.2. The van der Waals surface area contributed by atoms with Gasteiger partial charge in [-0.25, -0.2) is 19.8 Å². The van der Waals surface area contributed by atoms with Gasteiger partial charge in [0.05, 0.1) is 0 Å². The Hall–Kier alpha value is -2.36. The number of guanidine groups is 1. The van der Waals surface area contributed by atoms with Crippen LogP contribution >= 0.6 is 11.8 Å². The van der Waals surface area contributed by atoms with Crippen molar-refractivity contribution < 1.29 is 9.59 Å². The van der Waals surface area contributed by atoms with Crippen LogP contribution in [0.25, 0.3) is 0 Å². The van der Waals surface area contributed by atoms with E-state index < -0.39 is 18.2 Å². The number of piperidine rings is 1. The zero-order valence-electron chi connectivity index (χ0n) is 17.0. The molecular weight excluding hydrogens is 390 g/mol. The fraction of sp³-hybridized carbons (Fsp3) is 0.632. The zero-order chi connectivity index (χ0) is 20.5. The van der Waals surface area contributed by atoms with Gasteiger partial charge in [0.25, 0.3) is 5.91 Å². The Morgan fingerprint density at radius 1 is 1.34 bits per heavy atom. The van der Waals surface area contributed by atoms with E-state index in [9.17, 15) is 9.59 Å². The summed E-state index contributed by atoms with van der Waals surface area (Å²) in [6, 6.07) is 0.982. The number of carbonyl (C=O) groups excluding carboxylic acids is 2. The Labute approximate surface area is 174 Å². The molecule has 3 amide bonds. The van der Waals surface area contributed by atoms with E-state index in [1.807, 2.05) is 13.0 Å². The Kier molecular flexibility index (Phi) is 5.62. The first-order valence-corrected chi connectivity index (χ1v) is 11.0. The van der Waals surface area contributed by atoms with E-state index in [4.69, 9.17) is 4.99 Å². The van der Waals surface area contributed by atoms with Crippen molar-refractivity contribution in [3.8, 4) is 0 Å². The van der Waals surface area contributed by atoms with E-state index in [-0.39, 0.29) is 5.91 Å². The molecule has 3 aliphatic rings. The maximum absolute atomic E-state index is 12.7. The average molecular weight is 418 g/mol. The van der Waals surface area contributed by atoms with Gasteiger partial charge in [-0.3, -0.25) is 10.1 Å². The van der Waals surface area contributed by atoms with Crippen molar-refractivity contribution in [2.75, 3.05) is 32.4 Å². The number of fused-ring (bicyclic) bond motifs is 1. The normalized spacial score (nSPS) is 27.1. The number of nitrogens with one attached hydrogen (secondary N) is 1. The monoisotopic (exact) mass is 417 g/mol. The van der Waals surface area contributed by atoms with Crippen LogP contribution < -0.4 is 5.32 Å². The van der Waals surface area contributed by atoms with Gasteiger partial charge >= 0.3 is 6.03 Å². The molecule has 3 unspecified atom stereocenters. The van der Waals surface area contributed by atoms with Crippen molar-refractivity contribution in [2.24, 2.45) is 10.9 Å². The van der Waals surface area contributed by atoms with Gasteiger partial charge in [-0.1, -0.05) is 18.7 Å². The van der Waals surface area contributed by atoms with Gasteiger partial charge in [-0.15, -0.1) is 0 Å². The SMILES string of the molecule is Cc1ccnc(SCCN2C(N3CCCC(C)C3)=NC3C2C(=O)NC(=O)N3C)n1. The van der Waals surface area contributed by atoms with Gasteiger partial charge in [-0.05, 0) is 31.7 Å². The molecule has 0 spiro atoms. The van der Waals surface area contributed by atoms with Gasteiger partial charge in [0, 0.05) is 44.3 Å². The number of rotatable bonds is 4. The second-order valence-corrected chi connectivity index (χ2v) is 8.97. The summed E-state index contributed by atoms with van der Waals surface area (Å²) < 4.78 is 0. The summed E-state index contributed by atoms with van der Waals surface area (Å²) in [5.74, 6) is 1.85. The highest BCUT2D eigenvalue weighted by atomic mass is 32.2. The summed E-state index contributed by atoms with van der Waals surface area (Å²) in [6.07, 6.45) is 3.59. The molecule has 4 rings (SSSR count). The van der Waals surface area contributed by atoms with Gasteiger partial charge in [0.1, 0.15) is 0 Å². The largest absolute Gasteiger partial charge is 0.342 e. The molecule has 0 radical (unpaired) electrons. The number of likely N-dealkylation sites (N-methyl/N-ethyl adjacent to an activating group) is 1. The van der Waals surface area contributed by atoms with Crippen molar-refractivity contribution in [1.29, 1.82) is 0 Å². The van der Waals surface area contributed by atoms with Crippen molar-refractivity contribution in [3.63, 3.8) is 0 Å². The Balaban J connectivity index is 1.53. The molecule has 0 aromatic carbocycles. The minimum Gasteiger partial charge on any atom is -0.342 e. The van der Waals surface area contributed by atoms with Crippen LogP contribution in [0.5, 0.6) is 0 Å². The predicted octanol–water partition coefficient (Wildman–Crippen LogP) is 1.16. The quantitative estimate of drug-likeness (QED) is 0.580. The Bertz CT molecular complexity index is 833. The zero-order valence-corrected chi connectivity index (χ0v) is 17.9. The van der Waals surface area contributed by atoms with E-state index in [0.29, 0.717) is 12.5 Å². The summed E-state index contributed by atoms with van der Waals surface area (Å²) in [7, 11) is 1.69. The molecule has 2 saturated heterocycles. The topological polar surface area (TPSA) is 94.0 Å². The number of hydrogen-bond donors (Lipinski definition) is 1. The third-order valence-electron chi connectivity index (χ3n) is 5.61. The van der Waals surface area contributed by atoms with Gasteiger partial charge in [0.2, 0.25) is 0 Å². The highest BCUT2D eigenvalue weighted by molar-refractivity contribution is 7.99. The van der Waals surface area contributed by atoms with Gasteiger partial charge < -0.3 is 14.7 Å². The average Bonchev–Trinajstić information content (AvgIpc) is 3.07. The van der Waals surface area contributed by atoms with E-state index in [1.165, 1.54) is 11.3 Å². The number of urea groups is 1. The van der Waals surface area contributed by atoms with Crippen LogP contribution in [0, 0.1) is 12.8 Å². The lowest BCUT2D eigenvalue weighted by atomic mass is 10.0. The maximum Gasteiger partial charge on any atom is 0.325 e. The van der Waals surface area contributed by atoms with E-state index >= 15 is 0 Å². The standard InChI is InChI=1S/C19H27N7O2S/c1-12-5-4-8-25(11-12)18-22-15-14(16(27)23-19(28)24(15)3)26(18)9-10-29-17-20-7-6-13(2)21-17/h6-7,12,14-15H,4-5,8-11H2,1-3H3,(H,23,27,28). The molecule has 9 nitrogen and oxygen atoms in total. The van der Waals surface area contributed by atoms with Gasteiger partial charge in [-0.2, -0.15) is 0 Å². The van der Waals surface area contributed by atoms with Crippen molar-refractivity contribution >= 4 is 29.7 Å². The molecule has 1 aromatic rings. The number of thioether (sulfide) groups is 1. The minimum absolute atomic E-state index is 0.279. The lowest BCUT2D eigenvalue weighted by Crippen LogP contribution is -2.64. The second-order valence-electron chi connectivity index (χ2n) is 7.91. The molecule has 29 heavy (non-hydrogen) atoms. The molecule has 0 aliphatic carbocycles. The van der Waals surface area contributed by atoms with Crippen molar-refractivity contribution in [1.82, 2.24) is 30.0 Å². The molecule has 1 aromatic heterocycles. The highest BCUT2D eigenvalue weighted by Crippen LogP contribution is 2.28. The fourth-order valence-electron chi connectivity index (χ4n) is 4.12. The third kappa shape index (κ3) is 4.03. The molecule has 4 heterocycles. The molecule has 2 fully saturated rings. The Morgan fingerprint density at radius 3 is 2.93 bits per heavy atom. The summed E-state index contributed by atoms with van der Waals surface area (Å²) >= 11 is 1.56. The molecule has 3 atom stereocenters. The van der Waals surface area contributed by atoms with Crippen LogP contribution in [0.3, 0.4) is 0 Å². The first-order valence-electron chi connectivity index (χ1n) is 10.0. The van der Waals surface area contributed by atoms with E-state index in [1.54, 1.807) is 25.0 Å². The number of nitrogens with zero attached hydrogens (tertiary/aromatic N) is 6. The van der Waals surface area contributed by atoms with E-state index in [0.717, 1.165) is 42.1 Å². The molecular formula is C19H27N7O2S. The smallest absolute Gasteiger partial charge is 0.325 e. The van der Waals surface area contributed by atoms with Crippen LogP contribution in [-0.2, 0) is 4.79 Å². The summed E-state index contributed by atoms with van der Waals surface area (Å²) in [5, 5.41) is 3.19. The second kappa shape index (κ2) is 8.17. The molecule has 0 saturated carbocycles. The maximum atomic E-state index is 12.7. The van der Waals surface area contributed by atoms with Crippen LogP contribution in [0.1, 0.15) is 25.5 Å². The predicted molar refractivity (Wildman–Crippen MR) is 110 cm³/mol. The molecule has 3 aliphatic heterocycles. The molecule has 156 valence electrons. The first-order chi connectivity index (χ1) is 13.9. The number of aryl methyl sites for hydroxylation is 1. The number of hydrogen-bond acceptors (Lipinski definition) is 8. The number of likely N-dealkylation sites (tertiary alicyclic amines) is 1. The fourth-order valence-corrected chi connectivity index (χ4v) is 4.93. The molecule has 1 N–H and O–H groups in total. The number of aliphatic imine (C=N–C) groups is 1. The number of aromatic nitrogens is 2. The lowest BCUT2D eigenvalue weighted by Gasteiger charge is -2.39. The lowest BCUT2D eigenvalue weighted by molar-refractivity contribution is -0.127. The van der Waals surface area contributed by atoms with E-state index in [2.05, 4.69) is 32.0 Å². The van der Waals surface area contributed by atoms with Crippen LogP contribution in [0.15, 0.2) is 22.4 Å². The van der Waals surface area contributed by atoms with Crippen molar-refractivity contribution in [3.05, 3.63) is 18.0 Å². The highest BCUT2D eigenvalue weighted by Gasteiger charge is 2.49. The third-order valence-corrected chi connectivity index (χ3v) is 6.46. The number of imide groups is 1. The molecule has 10 heteroatoms. The van der Waals surface area contributed by atoms with Gasteiger partial charge in [0.15, 0.2) is 23.3 Å². The minimum atomic E-state index is -0.496. The van der Waals surface area contributed by atoms with Crippen LogP contribution in [0.4, 0.5) is 4.79 Å². The van der Waals surface area contributed by atoms with Crippen LogP contribution in [-0.4, -0.2) is 87.2 Å². The molecule has 0 bridgehead atoms. The first kappa shape index (κ1) is 19.9. The van der Waals surface area contributed by atoms with Crippen LogP contribution in [0.2, 0.25) is 0 Å². The summed E-state index contributed by atoms with van der Waals surface area (Å²) in [6.45, 7) is 6.65. The van der Waals surface area contributed by atoms with Crippen molar-refractivity contribution in [2.45, 2.75) is 44.1 Å².